The van der Waals surface area contributed by atoms with E-state index in [1.807, 2.05) is 19.1 Å². The van der Waals surface area contributed by atoms with Gasteiger partial charge in [-0.05, 0) is 24.1 Å². The minimum absolute atomic E-state index is 0.484. The van der Waals surface area contributed by atoms with Crippen molar-refractivity contribution in [2.24, 2.45) is 0 Å². The molecule has 3 heteroatoms. The minimum Gasteiger partial charge on any atom is -0.390 e. The van der Waals surface area contributed by atoms with Crippen molar-refractivity contribution >= 4 is 0 Å². The van der Waals surface area contributed by atoms with Crippen molar-refractivity contribution < 1.29 is 10.2 Å². The van der Waals surface area contributed by atoms with Crippen LogP contribution in [0.5, 0.6) is 0 Å². The molecule has 3 nitrogen and oxygen atoms in total. The molecule has 2 N–H and O–H groups in total. The van der Waals surface area contributed by atoms with Gasteiger partial charge < -0.3 is 10.2 Å². The highest BCUT2D eigenvalue weighted by Crippen LogP contribution is 2.06. The van der Waals surface area contributed by atoms with E-state index < -0.39 is 12.2 Å². The van der Waals surface area contributed by atoms with Crippen LogP contribution in [-0.4, -0.2) is 27.4 Å². The summed E-state index contributed by atoms with van der Waals surface area (Å²) in [4.78, 5) is 3.87. The van der Waals surface area contributed by atoms with Gasteiger partial charge in [-0.25, -0.2) is 0 Å². The van der Waals surface area contributed by atoms with Crippen LogP contribution in [0.4, 0.5) is 0 Å². The van der Waals surface area contributed by atoms with Gasteiger partial charge in [0.05, 0.1) is 12.2 Å². The van der Waals surface area contributed by atoms with Crippen LogP contribution in [0.25, 0.3) is 0 Å². The Kier molecular flexibility index (Phi) is 3.86. The third kappa shape index (κ3) is 3.13. The topological polar surface area (TPSA) is 53.4 Å². The van der Waals surface area contributed by atoms with Gasteiger partial charge in [0.2, 0.25) is 0 Å². The Labute approximate surface area is 78.1 Å². The number of pyridine rings is 1. The molecule has 0 saturated heterocycles. The minimum atomic E-state index is -0.674. The predicted octanol–water partition coefficient (Wildman–Crippen LogP) is 0.756. The van der Waals surface area contributed by atoms with Gasteiger partial charge in [-0.2, -0.15) is 0 Å². The van der Waals surface area contributed by atoms with E-state index in [9.17, 15) is 10.2 Å². The fraction of sp³-hybridized carbons (Fsp3) is 0.500. The molecule has 0 aliphatic heterocycles. The lowest BCUT2D eigenvalue weighted by molar-refractivity contribution is 0.0181. The molecule has 0 bridgehead atoms. The summed E-state index contributed by atoms with van der Waals surface area (Å²) >= 11 is 0. The molecule has 0 aliphatic rings. The Hall–Kier alpha value is -0.930. The summed E-state index contributed by atoms with van der Waals surface area (Å²) in [6, 6.07) is 3.68. The number of hydrogen-bond donors (Lipinski definition) is 2. The molecule has 0 radical (unpaired) electrons. The molecule has 1 aromatic heterocycles. The maximum atomic E-state index is 9.50. The summed E-state index contributed by atoms with van der Waals surface area (Å²) in [5.41, 5.74) is 0.995. The second-order valence-corrected chi connectivity index (χ2v) is 3.10. The first-order chi connectivity index (χ1) is 6.24. The van der Waals surface area contributed by atoms with Crippen molar-refractivity contribution in [3.8, 4) is 0 Å². The lowest BCUT2D eigenvalue weighted by Gasteiger charge is -2.15. The maximum absolute atomic E-state index is 9.50. The molecule has 0 saturated carbocycles. The van der Waals surface area contributed by atoms with E-state index in [1.54, 1.807) is 12.4 Å². The normalized spacial score (nSPS) is 15.3. The second kappa shape index (κ2) is 4.94. The standard InChI is InChI=1S/C10H15NO2/c1-2-9(12)10(13)7-8-3-5-11-6-4-8/h3-6,9-10,12-13H,2,7H2,1H3. The highest BCUT2D eigenvalue weighted by Gasteiger charge is 2.13. The van der Waals surface area contributed by atoms with Crippen molar-refractivity contribution in [2.45, 2.75) is 32.0 Å². The fourth-order valence-electron chi connectivity index (χ4n) is 1.17. The van der Waals surface area contributed by atoms with E-state index in [0.717, 1.165) is 5.56 Å². The monoisotopic (exact) mass is 181 g/mol. The molecule has 0 aliphatic carbocycles. The van der Waals surface area contributed by atoms with Crippen molar-refractivity contribution in [3.63, 3.8) is 0 Å². The summed E-state index contributed by atoms with van der Waals surface area (Å²) in [6.07, 6.45) is 3.12. The molecule has 13 heavy (non-hydrogen) atoms. The SMILES string of the molecule is CCC(O)C(O)Cc1ccncc1. The van der Waals surface area contributed by atoms with Crippen LogP contribution in [-0.2, 0) is 6.42 Å². The molecule has 0 amide bonds. The van der Waals surface area contributed by atoms with Crippen LogP contribution in [0.1, 0.15) is 18.9 Å². The van der Waals surface area contributed by atoms with Gasteiger partial charge in [-0.1, -0.05) is 6.92 Å². The molecule has 0 spiro atoms. The van der Waals surface area contributed by atoms with Gasteiger partial charge in [0.1, 0.15) is 0 Å². The predicted molar refractivity (Wildman–Crippen MR) is 50.2 cm³/mol. The second-order valence-electron chi connectivity index (χ2n) is 3.10. The average molecular weight is 181 g/mol. The van der Waals surface area contributed by atoms with Crippen LogP contribution in [0.15, 0.2) is 24.5 Å². The smallest absolute Gasteiger partial charge is 0.0839 e. The molecule has 72 valence electrons. The van der Waals surface area contributed by atoms with Gasteiger partial charge in [0.15, 0.2) is 0 Å². The Bertz CT molecular complexity index is 238. The van der Waals surface area contributed by atoms with Crippen LogP contribution in [0.3, 0.4) is 0 Å². The summed E-state index contributed by atoms with van der Waals surface area (Å²) in [6.45, 7) is 1.85. The van der Waals surface area contributed by atoms with Crippen molar-refractivity contribution in [1.82, 2.24) is 4.98 Å². The largest absolute Gasteiger partial charge is 0.390 e. The Balaban J connectivity index is 2.50. The summed E-state index contributed by atoms with van der Waals surface area (Å²) < 4.78 is 0. The first-order valence-corrected chi connectivity index (χ1v) is 4.49. The number of aliphatic hydroxyl groups excluding tert-OH is 2. The molecule has 1 rings (SSSR count). The molecule has 0 aromatic carbocycles. The van der Waals surface area contributed by atoms with Crippen molar-refractivity contribution in [2.75, 3.05) is 0 Å². The Morgan fingerprint density at radius 3 is 2.38 bits per heavy atom. The van der Waals surface area contributed by atoms with Gasteiger partial charge in [-0.3, -0.25) is 4.98 Å². The molecule has 2 unspecified atom stereocenters. The molecular weight excluding hydrogens is 166 g/mol. The summed E-state index contributed by atoms with van der Waals surface area (Å²) in [5.74, 6) is 0. The number of aromatic nitrogens is 1. The fourth-order valence-corrected chi connectivity index (χ4v) is 1.17. The van der Waals surface area contributed by atoms with Crippen LogP contribution >= 0.6 is 0 Å². The first kappa shape index (κ1) is 10.2. The zero-order valence-electron chi connectivity index (χ0n) is 7.72. The van der Waals surface area contributed by atoms with Crippen LogP contribution in [0, 0.1) is 0 Å². The highest BCUT2D eigenvalue weighted by molar-refractivity contribution is 5.10. The van der Waals surface area contributed by atoms with Gasteiger partial charge >= 0.3 is 0 Å². The zero-order chi connectivity index (χ0) is 9.68. The average Bonchev–Trinajstić information content (AvgIpc) is 2.18. The molecular formula is C10H15NO2. The Morgan fingerprint density at radius 2 is 1.85 bits per heavy atom. The van der Waals surface area contributed by atoms with Gasteiger partial charge in [0, 0.05) is 18.8 Å². The summed E-state index contributed by atoms with van der Waals surface area (Å²) in [7, 11) is 0. The van der Waals surface area contributed by atoms with Gasteiger partial charge in [0.25, 0.3) is 0 Å². The van der Waals surface area contributed by atoms with Crippen LogP contribution in [0.2, 0.25) is 0 Å². The molecule has 2 atom stereocenters. The van der Waals surface area contributed by atoms with Gasteiger partial charge in [-0.15, -0.1) is 0 Å². The number of rotatable bonds is 4. The van der Waals surface area contributed by atoms with Crippen molar-refractivity contribution in [3.05, 3.63) is 30.1 Å². The van der Waals surface area contributed by atoms with Crippen molar-refractivity contribution in [1.29, 1.82) is 0 Å². The molecule has 1 aromatic rings. The zero-order valence-corrected chi connectivity index (χ0v) is 7.72. The van der Waals surface area contributed by atoms with E-state index in [-0.39, 0.29) is 0 Å². The number of aliphatic hydroxyl groups is 2. The maximum Gasteiger partial charge on any atom is 0.0839 e. The third-order valence-electron chi connectivity index (χ3n) is 2.06. The first-order valence-electron chi connectivity index (χ1n) is 4.49. The van der Waals surface area contributed by atoms with E-state index >= 15 is 0 Å². The van der Waals surface area contributed by atoms with E-state index in [1.165, 1.54) is 0 Å². The highest BCUT2D eigenvalue weighted by atomic mass is 16.3. The molecule has 1 heterocycles. The van der Waals surface area contributed by atoms with E-state index in [2.05, 4.69) is 4.98 Å². The molecule has 0 fully saturated rings. The lowest BCUT2D eigenvalue weighted by Crippen LogP contribution is -2.27. The van der Waals surface area contributed by atoms with Crippen LogP contribution < -0.4 is 0 Å². The summed E-state index contributed by atoms with van der Waals surface area (Å²) in [5, 5.41) is 18.8. The number of nitrogens with zero attached hydrogens (tertiary/aromatic N) is 1. The lowest BCUT2D eigenvalue weighted by atomic mass is 10.0. The number of hydrogen-bond acceptors (Lipinski definition) is 3. The Morgan fingerprint density at radius 1 is 1.23 bits per heavy atom. The van der Waals surface area contributed by atoms with E-state index in [0.29, 0.717) is 12.8 Å². The quantitative estimate of drug-likeness (QED) is 0.721. The third-order valence-corrected chi connectivity index (χ3v) is 2.06. The van der Waals surface area contributed by atoms with E-state index in [4.69, 9.17) is 0 Å².